The number of carboxylic acid groups (broad SMARTS) is 1. The van der Waals surface area contributed by atoms with Crippen molar-refractivity contribution in [2.24, 2.45) is 16.7 Å². The smallest absolute Gasteiger partial charge is 0.481 e. The van der Waals surface area contributed by atoms with E-state index in [2.05, 4.69) is 5.32 Å². The quantitative estimate of drug-likeness (QED) is 0.0327. The Kier molecular flexibility index (Phi) is 19.0. The van der Waals surface area contributed by atoms with Crippen molar-refractivity contribution < 1.29 is 96.4 Å². The second-order valence-electron chi connectivity index (χ2n) is 20.3. The predicted molar refractivity (Wildman–Crippen MR) is 281 cm³/mol. The van der Waals surface area contributed by atoms with Crippen LogP contribution in [-0.4, -0.2) is 148 Å². The largest absolute Gasteiger partial charge is 0.509 e. The van der Waals surface area contributed by atoms with Gasteiger partial charge in [0, 0.05) is 49.2 Å². The molecule has 3 aliphatic carbocycles. The Morgan fingerprint density at radius 3 is 1.95 bits per heavy atom. The standard InChI is InChI=1S/C56H63NO20S2/c1-31-37(74-51(67)45(43(34-16-10-7-11-17-34)57-49(65)35-18-12-8-13-19-35)75-52(68)71-25-27-79-78-26-24-70-41(63)23-22-40(61)62)29-56(69)48(76-50(66)36-20-14-9-15-21-36)46-54(6,38(60)28-39-55(46,30-72-39)77-33(3)59)47(64)44(73-32(2)58)42(31)53(56,4)5/h7-21,37-39,43-46,48,60,69H,22-30H2,1-6H3,(H,57,65)(H,61,62)/t37?,38-,39+,43?,44+,45+,46-,48-,54+,55-,56+/m0/s1. The number of esters is 5. The number of hydrogen-bond acceptors (Lipinski definition) is 21. The first-order valence-electron chi connectivity index (χ1n) is 25.4. The summed E-state index contributed by atoms with van der Waals surface area (Å²) in [6, 6.07) is 22.2. The van der Waals surface area contributed by atoms with Crippen LogP contribution in [0.1, 0.15) is 99.5 Å². The van der Waals surface area contributed by atoms with Crippen LogP contribution < -0.4 is 5.32 Å². The number of carboxylic acids is 1. The number of carbonyl (C=O) groups is 9. The van der Waals surface area contributed by atoms with E-state index < -0.39 is 131 Å². The molecule has 424 valence electrons. The summed E-state index contributed by atoms with van der Waals surface area (Å²) in [5.41, 5.74) is -7.83. The first-order chi connectivity index (χ1) is 37.5. The zero-order valence-electron chi connectivity index (χ0n) is 44.2. The molecule has 0 radical (unpaired) electrons. The Labute approximate surface area is 463 Å². The maximum atomic E-state index is 15.8. The van der Waals surface area contributed by atoms with E-state index in [1.807, 2.05) is 0 Å². The Morgan fingerprint density at radius 1 is 0.785 bits per heavy atom. The summed E-state index contributed by atoms with van der Waals surface area (Å²) < 4.78 is 47.1. The van der Waals surface area contributed by atoms with E-state index >= 15 is 9.59 Å². The van der Waals surface area contributed by atoms with Gasteiger partial charge in [0.05, 0.1) is 42.4 Å². The number of nitrogens with one attached hydrogen (secondary N) is 1. The minimum atomic E-state index is -2.51. The fourth-order valence-corrected chi connectivity index (χ4v) is 12.8. The lowest BCUT2D eigenvalue weighted by molar-refractivity contribution is -0.346. The number of rotatable bonds is 21. The minimum absolute atomic E-state index is 0.00177. The maximum Gasteiger partial charge on any atom is 0.509 e. The number of aliphatic hydroxyl groups is 2. The summed E-state index contributed by atoms with van der Waals surface area (Å²) in [4.78, 5) is 122. The third-order valence-corrected chi connectivity index (χ3v) is 17.5. The highest BCUT2D eigenvalue weighted by Crippen LogP contribution is 2.64. The van der Waals surface area contributed by atoms with Crippen LogP contribution in [0.25, 0.3) is 0 Å². The second kappa shape index (κ2) is 25.1. The molecule has 2 saturated carbocycles. The van der Waals surface area contributed by atoms with Gasteiger partial charge in [0.25, 0.3) is 5.91 Å². The van der Waals surface area contributed by atoms with Crippen molar-refractivity contribution in [3.8, 4) is 0 Å². The van der Waals surface area contributed by atoms with E-state index in [1.165, 1.54) is 73.5 Å². The molecule has 7 rings (SSSR count). The number of ketones is 1. The lowest BCUT2D eigenvalue weighted by Crippen LogP contribution is -2.82. The van der Waals surface area contributed by atoms with Gasteiger partial charge in [-0.1, -0.05) is 102 Å². The number of Topliss-reactive ketones (excluding diaryl/α,β-unsaturated/α-hetero) is 1. The molecule has 1 saturated heterocycles. The van der Waals surface area contributed by atoms with E-state index in [0.29, 0.717) is 5.75 Å². The second-order valence-corrected chi connectivity index (χ2v) is 23.0. The first kappa shape index (κ1) is 59.9. The number of amides is 1. The molecule has 1 aliphatic heterocycles. The van der Waals surface area contributed by atoms with E-state index in [9.17, 15) is 43.8 Å². The van der Waals surface area contributed by atoms with Gasteiger partial charge < -0.3 is 58.5 Å². The number of hydrogen-bond donors (Lipinski definition) is 4. The molecule has 21 nitrogen and oxygen atoms in total. The molecule has 4 N–H and O–H groups in total. The monoisotopic (exact) mass is 1130 g/mol. The average molecular weight is 1130 g/mol. The van der Waals surface area contributed by atoms with Gasteiger partial charge in [0.2, 0.25) is 6.10 Å². The van der Waals surface area contributed by atoms with Crippen LogP contribution in [0.2, 0.25) is 0 Å². The van der Waals surface area contributed by atoms with Crippen LogP contribution in [0.15, 0.2) is 102 Å². The van der Waals surface area contributed by atoms with Gasteiger partial charge in [0.1, 0.15) is 43.2 Å². The normalized spacial score (nSPS) is 27.3. The Hall–Kier alpha value is -6.79. The fraction of sp³-hybridized carbons (Fsp3) is 0.482. The number of aliphatic carboxylic acids is 1. The van der Waals surface area contributed by atoms with Gasteiger partial charge in [-0.05, 0) is 54.8 Å². The lowest BCUT2D eigenvalue weighted by Gasteiger charge is -2.67. The molecule has 2 bridgehead atoms. The summed E-state index contributed by atoms with van der Waals surface area (Å²) in [5, 5.41) is 37.8. The van der Waals surface area contributed by atoms with E-state index in [0.717, 1.165) is 13.8 Å². The molecule has 79 heavy (non-hydrogen) atoms. The predicted octanol–water partition coefficient (Wildman–Crippen LogP) is 5.69. The summed E-state index contributed by atoms with van der Waals surface area (Å²) in [7, 11) is 2.51. The van der Waals surface area contributed by atoms with Crippen LogP contribution in [-0.2, 0) is 66.7 Å². The van der Waals surface area contributed by atoms with Crippen molar-refractivity contribution in [1.82, 2.24) is 5.32 Å². The van der Waals surface area contributed by atoms with Gasteiger partial charge in [-0.25, -0.2) is 14.4 Å². The topological polar surface area (TPSA) is 300 Å². The molecule has 23 heteroatoms. The molecule has 3 aromatic carbocycles. The molecule has 1 heterocycles. The third-order valence-electron chi connectivity index (χ3n) is 15.1. The number of aliphatic hydroxyl groups excluding tert-OH is 1. The van der Waals surface area contributed by atoms with Crippen LogP contribution in [0.3, 0.4) is 0 Å². The summed E-state index contributed by atoms with van der Waals surface area (Å²) in [6.07, 6.45) is -13.2. The van der Waals surface area contributed by atoms with E-state index in [1.54, 1.807) is 66.7 Å². The SMILES string of the molecule is CC(=O)O[C@H]1C(=O)[C@@]2(C)[C@H]([C@H](OC(=O)c3ccccc3)[C@]3(O)CC(OC(=O)[C@H](OC(=O)OCCSSCCOC(=O)CCC(=O)O)C(NC(=O)c4ccccc4)c4ccccc4)C(C)=C1C3(C)C)[C@]1(OC(C)=O)CO[C@@H]1C[C@@H]2O. The van der Waals surface area contributed by atoms with Crippen LogP contribution in [0.4, 0.5) is 4.79 Å². The lowest BCUT2D eigenvalue weighted by atomic mass is 9.44. The van der Waals surface area contributed by atoms with Gasteiger partial charge in [-0.15, -0.1) is 0 Å². The molecule has 2 unspecified atom stereocenters. The molecular weight excluding hydrogens is 1070 g/mol. The van der Waals surface area contributed by atoms with Crippen molar-refractivity contribution in [1.29, 1.82) is 0 Å². The summed E-state index contributed by atoms with van der Waals surface area (Å²) in [6.45, 7) is 7.44. The van der Waals surface area contributed by atoms with Crippen LogP contribution in [0.5, 0.6) is 0 Å². The molecule has 3 fully saturated rings. The molecule has 3 aromatic rings. The molecule has 11 atom stereocenters. The summed E-state index contributed by atoms with van der Waals surface area (Å²) in [5.74, 6) is -8.62. The molecule has 0 spiro atoms. The van der Waals surface area contributed by atoms with Crippen LogP contribution >= 0.6 is 21.6 Å². The van der Waals surface area contributed by atoms with Crippen molar-refractivity contribution in [2.45, 2.75) is 121 Å². The number of benzene rings is 3. The average Bonchev–Trinajstić information content (AvgIpc) is 3.29. The number of fused-ring (bicyclic) bond motifs is 5. The minimum Gasteiger partial charge on any atom is -0.481 e. The highest BCUT2D eigenvalue weighted by molar-refractivity contribution is 8.76. The Bertz CT molecular complexity index is 2810. The highest BCUT2D eigenvalue weighted by Gasteiger charge is 2.78. The van der Waals surface area contributed by atoms with E-state index in [-0.39, 0.29) is 72.7 Å². The van der Waals surface area contributed by atoms with Gasteiger partial charge in [0.15, 0.2) is 17.5 Å². The van der Waals surface area contributed by atoms with Crippen molar-refractivity contribution in [2.75, 3.05) is 31.3 Å². The maximum absolute atomic E-state index is 15.8. The Balaban J connectivity index is 1.29. The van der Waals surface area contributed by atoms with E-state index in [4.69, 9.17) is 43.0 Å². The molecular formula is C56H63NO20S2. The third kappa shape index (κ3) is 12.6. The molecule has 4 aliphatic rings. The first-order valence-corrected chi connectivity index (χ1v) is 27.9. The van der Waals surface area contributed by atoms with Crippen molar-refractivity contribution in [3.63, 3.8) is 0 Å². The van der Waals surface area contributed by atoms with Gasteiger partial charge in [-0.2, -0.15) is 0 Å². The zero-order valence-corrected chi connectivity index (χ0v) is 45.9. The number of ether oxygens (including phenoxy) is 8. The fourth-order valence-electron chi connectivity index (χ4n) is 11.2. The van der Waals surface area contributed by atoms with Crippen LogP contribution in [0, 0.1) is 16.7 Å². The number of carbonyl (C=O) groups excluding carboxylic acids is 8. The molecule has 0 aromatic heterocycles. The molecule has 1 amide bonds. The highest BCUT2D eigenvalue weighted by atomic mass is 33.1. The van der Waals surface area contributed by atoms with Gasteiger partial charge >= 0.3 is 42.0 Å². The van der Waals surface area contributed by atoms with Gasteiger partial charge in [-0.3, -0.25) is 28.8 Å². The van der Waals surface area contributed by atoms with Crippen molar-refractivity contribution >= 4 is 75.2 Å². The summed E-state index contributed by atoms with van der Waals surface area (Å²) >= 11 is 0. The Morgan fingerprint density at radius 2 is 1.38 bits per heavy atom. The zero-order chi connectivity index (χ0) is 57.5. The van der Waals surface area contributed by atoms with Crippen molar-refractivity contribution in [3.05, 3.63) is 119 Å².